The number of benzene rings is 1. The molecule has 1 nitrogen and oxygen atoms in total. The van der Waals surface area contributed by atoms with Crippen LogP contribution < -0.4 is 3.32 Å². The third-order valence-electron chi connectivity index (χ3n) is 7.51. The van der Waals surface area contributed by atoms with Crippen LogP contribution in [0, 0.1) is 12.8 Å². The van der Waals surface area contributed by atoms with Gasteiger partial charge in [-0.3, -0.25) is 0 Å². The summed E-state index contributed by atoms with van der Waals surface area (Å²) in [6.07, 6.45) is 15.3. The number of unbranched alkanes of at least 4 members (excludes halogenated alkanes) is 4. The van der Waals surface area contributed by atoms with Crippen LogP contribution in [0.4, 0.5) is 0 Å². The van der Waals surface area contributed by atoms with Gasteiger partial charge in [-0.1, -0.05) is 0 Å². The van der Waals surface area contributed by atoms with Crippen molar-refractivity contribution in [2.45, 2.75) is 138 Å². The van der Waals surface area contributed by atoms with Gasteiger partial charge in [-0.25, -0.2) is 0 Å². The molecule has 0 aliphatic heterocycles. The van der Waals surface area contributed by atoms with E-state index >= 15 is 0 Å². The van der Waals surface area contributed by atoms with Crippen molar-refractivity contribution >= 4 is 29.6 Å². The predicted octanol–water partition coefficient (Wildman–Crippen LogP) is 11.4. The molecule has 0 aromatic heterocycles. The molecule has 0 heterocycles. The molecule has 0 saturated heterocycles. The van der Waals surface area contributed by atoms with Crippen molar-refractivity contribution in [3.8, 4) is 5.75 Å². The first-order valence-corrected chi connectivity index (χ1v) is 17.1. The average Bonchev–Trinajstić information content (AvgIpc) is 3.09. The predicted molar refractivity (Wildman–Crippen MR) is 168 cm³/mol. The third-order valence-corrected chi connectivity index (χ3v) is 10.2. The minimum absolute atomic E-state index is 0. The first kappa shape index (κ1) is 36.7. The first-order chi connectivity index (χ1) is 16.7. The molecule has 1 aliphatic rings. The molecule has 0 radical (unpaired) electrons. The normalized spacial score (nSPS) is 15.5. The van der Waals surface area contributed by atoms with Crippen molar-refractivity contribution in [2.75, 3.05) is 0 Å². The summed E-state index contributed by atoms with van der Waals surface area (Å²) in [5.74, 6) is 1.65. The van der Waals surface area contributed by atoms with E-state index in [2.05, 4.69) is 73.6 Å². The number of halogens is 2. The third kappa shape index (κ3) is 10.6. The number of allylic oxidation sites excluding steroid dienone is 4. The van der Waals surface area contributed by atoms with Crippen molar-refractivity contribution in [3.63, 3.8) is 0 Å². The van der Waals surface area contributed by atoms with E-state index in [4.69, 9.17) is 8.14 Å². The second-order valence-corrected chi connectivity index (χ2v) is 14.2. The fraction of sp³-hybridized carbons (Fsp3) is 0.667. The van der Waals surface area contributed by atoms with E-state index in [1.54, 1.807) is 20.6 Å². The maximum atomic E-state index is 6.91. The molecular formula is C33H56Cl2OTi. The van der Waals surface area contributed by atoms with E-state index < -0.39 is 17.8 Å². The van der Waals surface area contributed by atoms with Crippen LogP contribution in [0.3, 0.4) is 0 Å². The van der Waals surface area contributed by atoms with Gasteiger partial charge >= 0.3 is 225 Å². The molecule has 2 rings (SSSR count). The van der Waals surface area contributed by atoms with Crippen LogP contribution in [0.25, 0.3) is 0 Å². The minimum atomic E-state index is -2.18. The van der Waals surface area contributed by atoms with Crippen molar-refractivity contribution in [3.05, 3.63) is 49.9 Å². The van der Waals surface area contributed by atoms with Crippen molar-refractivity contribution < 1.29 is 21.1 Å². The molecule has 0 bridgehead atoms. The molecule has 37 heavy (non-hydrogen) atoms. The van der Waals surface area contributed by atoms with Gasteiger partial charge in [0.2, 0.25) is 0 Å². The van der Waals surface area contributed by atoms with Gasteiger partial charge in [0.1, 0.15) is 0 Å². The molecule has 0 saturated carbocycles. The van der Waals surface area contributed by atoms with E-state index in [1.807, 2.05) is 0 Å². The number of aryl methyl sites for hydroxylation is 1. The second kappa shape index (κ2) is 18.1. The Balaban J connectivity index is 0.00000648. The zero-order chi connectivity index (χ0) is 26.0. The number of hydrogen-bond acceptors (Lipinski definition) is 1. The number of hydrogen-bond donors (Lipinski definition) is 0. The van der Waals surface area contributed by atoms with Gasteiger partial charge in [0, 0.05) is 0 Å². The Morgan fingerprint density at radius 2 is 1.32 bits per heavy atom. The quantitative estimate of drug-likeness (QED) is 0.186. The molecule has 0 N–H and O–H groups in total. The standard InChI is InChI=1S/C21H37.C11H16O.CH2.2ClH.Ti/c1-5-9-13-18-17-19(14-10-6-2)21(16-12-8-4)20(18)15-11-7-3;1-8-5-9(11(2,3)4)7-10(12)6-8;;;;/h18H,5-16H2,1-4H3;5-7,12H,1-4H3;1H2;2*1H;/q;;;;;+1/p-1. The first-order valence-electron chi connectivity index (χ1n) is 14.6. The molecule has 1 aromatic carbocycles. The van der Waals surface area contributed by atoms with Crippen LogP contribution in [0.15, 0.2) is 38.8 Å². The summed E-state index contributed by atoms with van der Waals surface area (Å²) < 4.78 is 8.60. The summed E-state index contributed by atoms with van der Waals surface area (Å²) in [5, 5.41) is 0. The van der Waals surface area contributed by atoms with Gasteiger partial charge in [-0.2, -0.15) is 0 Å². The van der Waals surface area contributed by atoms with Crippen molar-refractivity contribution in [1.29, 1.82) is 0 Å². The van der Waals surface area contributed by atoms with E-state index in [-0.39, 0.29) is 30.2 Å². The fourth-order valence-corrected chi connectivity index (χ4v) is 8.34. The summed E-state index contributed by atoms with van der Waals surface area (Å²) >= 11 is -2.18. The van der Waals surface area contributed by atoms with Gasteiger partial charge in [0.15, 0.2) is 0 Å². The van der Waals surface area contributed by atoms with E-state index in [0.29, 0.717) is 5.92 Å². The van der Waals surface area contributed by atoms with Crippen LogP contribution in [0.1, 0.15) is 137 Å². The average molecular weight is 588 g/mol. The monoisotopic (exact) mass is 586 g/mol. The SMILES string of the molecule is Cl.Cl.[CH2]=[Ti]([O]c1cc(C)cc(C(C)(C)C)c1)[C]1=C(CCCC)C(CCCC)=C(CCCC)C1CCCC. The van der Waals surface area contributed by atoms with Crippen LogP contribution in [0.5, 0.6) is 5.75 Å². The Hall–Kier alpha value is -0.336. The molecule has 1 aromatic rings. The zero-order valence-corrected chi connectivity index (χ0v) is 28.4. The van der Waals surface area contributed by atoms with Crippen LogP contribution in [0.2, 0.25) is 0 Å². The van der Waals surface area contributed by atoms with Gasteiger partial charge in [-0.05, 0) is 0 Å². The molecular weight excluding hydrogens is 531 g/mol. The summed E-state index contributed by atoms with van der Waals surface area (Å²) in [6, 6.07) is 6.84. The molecule has 0 spiro atoms. The Bertz CT molecular complexity index is 907. The Labute approximate surface area is 249 Å². The Morgan fingerprint density at radius 1 is 0.784 bits per heavy atom. The Kier molecular flexibility index (Phi) is 17.9. The molecule has 0 amide bonds. The van der Waals surface area contributed by atoms with Gasteiger partial charge < -0.3 is 0 Å². The van der Waals surface area contributed by atoms with Crippen LogP contribution >= 0.6 is 24.8 Å². The van der Waals surface area contributed by atoms with E-state index in [0.717, 1.165) is 5.75 Å². The second-order valence-electron chi connectivity index (χ2n) is 11.7. The summed E-state index contributed by atoms with van der Waals surface area (Å²) in [4.78, 5) is 4.84. The Morgan fingerprint density at radius 3 is 1.86 bits per heavy atom. The summed E-state index contributed by atoms with van der Waals surface area (Å²) in [7, 11) is 0. The molecule has 1 unspecified atom stereocenters. The molecule has 212 valence electrons. The van der Waals surface area contributed by atoms with E-state index in [1.165, 1.54) is 88.2 Å². The summed E-state index contributed by atoms with van der Waals surface area (Å²) in [5.41, 5.74) is 7.99. The molecule has 4 heteroatoms. The van der Waals surface area contributed by atoms with Crippen LogP contribution in [-0.4, -0.2) is 4.82 Å². The van der Waals surface area contributed by atoms with Gasteiger partial charge in [0.25, 0.3) is 0 Å². The molecule has 1 atom stereocenters. The van der Waals surface area contributed by atoms with E-state index in [9.17, 15) is 0 Å². The molecule has 0 fully saturated rings. The van der Waals surface area contributed by atoms with Gasteiger partial charge in [-0.15, -0.1) is 24.8 Å². The van der Waals surface area contributed by atoms with Gasteiger partial charge in [0.05, 0.1) is 0 Å². The topological polar surface area (TPSA) is 9.23 Å². The van der Waals surface area contributed by atoms with Crippen molar-refractivity contribution in [2.24, 2.45) is 5.92 Å². The summed E-state index contributed by atoms with van der Waals surface area (Å²) in [6.45, 7) is 18.4. The van der Waals surface area contributed by atoms with Crippen LogP contribution in [-0.2, 0) is 23.2 Å². The van der Waals surface area contributed by atoms with Crippen molar-refractivity contribution in [1.82, 2.24) is 0 Å². The molecule has 1 aliphatic carbocycles. The maximum absolute atomic E-state index is 6.91. The fourth-order valence-electron chi connectivity index (χ4n) is 5.47. The zero-order valence-electron chi connectivity index (χ0n) is 25.2. The number of rotatable bonds is 15.